The van der Waals surface area contributed by atoms with Gasteiger partial charge in [-0.15, -0.1) is 10.2 Å². The van der Waals surface area contributed by atoms with Crippen molar-refractivity contribution in [2.45, 2.75) is 45.1 Å². The predicted octanol–water partition coefficient (Wildman–Crippen LogP) is 1.94. The third-order valence-corrected chi connectivity index (χ3v) is 5.19. The minimum atomic E-state index is 0.0627. The molecule has 6 heteroatoms. The van der Waals surface area contributed by atoms with Crippen molar-refractivity contribution in [1.82, 2.24) is 20.0 Å². The van der Waals surface area contributed by atoms with Gasteiger partial charge in [-0.1, -0.05) is 17.8 Å². The molecule has 2 aliphatic rings. The van der Waals surface area contributed by atoms with Gasteiger partial charge in [-0.2, -0.15) is 0 Å². The molecule has 0 aliphatic carbocycles. The first-order chi connectivity index (χ1) is 9.74. The van der Waals surface area contributed by atoms with Gasteiger partial charge < -0.3 is 9.80 Å². The zero-order valence-corrected chi connectivity index (χ0v) is 12.9. The SMILES string of the molecule is Cc1nnc(C(=O)N2CCC(N3CCCCC3)CC2)s1. The van der Waals surface area contributed by atoms with Crippen LogP contribution in [0, 0.1) is 6.92 Å². The van der Waals surface area contributed by atoms with Crippen molar-refractivity contribution in [1.29, 1.82) is 0 Å². The average molecular weight is 294 g/mol. The van der Waals surface area contributed by atoms with Gasteiger partial charge in [-0.3, -0.25) is 4.79 Å². The number of rotatable bonds is 2. The molecule has 1 amide bonds. The largest absolute Gasteiger partial charge is 0.336 e. The first-order valence-corrected chi connectivity index (χ1v) is 8.39. The molecule has 0 radical (unpaired) electrons. The van der Waals surface area contributed by atoms with Gasteiger partial charge in [0.15, 0.2) is 0 Å². The molecule has 0 saturated carbocycles. The number of aromatic nitrogens is 2. The molecule has 0 spiro atoms. The maximum absolute atomic E-state index is 12.3. The third-order valence-electron chi connectivity index (χ3n) is 4.37. The molecule has 2 saturated heterocycles. The molecule has 0 N–H and O–H groups in total. The van der Waals surface area contributed by atoms with Crippen LogP contribution in [0.25, 0.3) is 0 Å². The van der Waals surface area contributed by atoms with Gasteiger partial charge in [0.1, 0.15) is 5.01 Å². The van der Waals surface area contributed by atoms with Crippen LogP contribution in [0.15, 0.2) is 0 Å². The summed E-state index contributed by atoms with van der Waals surface area (Å²) in [6, 6.07) is 0.676. The molecule has 3 rings (SSSR count). The number of hydrogen-bond donors (Lipinski definition) is 0. The fourth-order valence-corrected chi connectivity index (χ4v) is 3.90. The summed E-state index contributed by atoms with van der Waals surface area (Å²) in [7, 11) is 0. The molecule has 5 nitrogen and oxygen atoms in total. The second kappa shape index (κ2) is 6.18. The maximum atomic E-state index is 12.3. The number of carbonyl (C=O) groups excluding carboxylic acids is 1. The highest BCUT2D eigenvalue weighted by atomic mass is 32.1. The van der Waals surface area contributed by atoms with E-state index >= 15 is 0 Å². The lowest BCUT2D eigenvalue weighted by Crippen LogP contribution is -2.48. The van der Waals surface area contributed by atoms with E-state index in [0.717, 1.165) is 30.9 Å². The Balaban J connectivity index is 1.54. The lowest BCUT2D eigenvalue weighted by Gasteiger charge is -2.40. The van der Waals surface area contributed by atoms with Crippen LogP contribution >= 0.6 is 11.3 Å². The average Bonchev–Trinajstić information content (AvgIpc) is 2.94. The smallest absolute Gasteiger partial charge is 0.284 e. The van der Waals surface area contributed by atoms with Gasteiger partial charge in [0, 0.05) is 19.1 Å². The standard InChI is InChI=1S/C14H22N4OS/c1-11-15-16-13(20-11)14(19)18-9-5-12(6-10-18)17-7-3-2-4-8-17/h12H,2-10H2,1H3. The first-order valence-electron chi connectivity index (χ1n) is 7.57. The first kappa shape index (κ1) is 13.9. The van der Waals surface area contributed by atoms with Gasteiger partial charge >= 0.3 is 0 Å². The topological polar surface area (TPSA) is 49.3 Å². The monoisotopic (exact) mass is 294 g/mol. The minimum Gasteiger partial charge on any atom is -0.336 e. The number of amides is 1. The van der Waals surface area contributed by atoms with Gasteiger partial charge in [0.2, 0.25) is 5.01 Å². The number of nitrogens with zero attached hydrogens (tertiary/aromatic N) is 4. The molecule has 2 aliphatic heterocycles. The molecule has 110 valence electrons. The summed E-state index contributed by atoms with van der Waals surface area (Å²) in [6.07, 6.45) is 6.25. The number of aryl methyl sites for hydroxylation is 1. The molecule has 3 heterocycles. The van der Waals surface area contributed by atoms with Crippen molar-refractivity contribution in [3.8, 4) is 0 Å². The van der Waals surface area contributed by atoms with Crippen LogP contribution in [0.5, 0.6) is 0 Å². The van der Waals surface area contributed by atoms with E-state index in [4.69, 9.17) is 0 Å². The molecule has 0 bridgehead atoms. The Labute approximate surface area is 124 Å². The van der Waals surface area contributed by atoms with Crippen molar-refractivity contribution in [3.63, 3.8) is 0 Å². The van der Waals surface area contributed by atoms with Crippen LogP contribution in [0.3, 0.4) is 0 Å². The molecular weight excluding hydrogens is 272 g/mol. The quantitative estimate of drug-likeness (QED) is 0.836. The Kier molecular flexibility index (Phi) is 4.31. The van der Waals surface area contributed by atoms with Gasteiger partial charge in [-0.05, 0) is 45.7 Å². The number of piperidine rings is 2. The van der Waals surface area contributed by atoms with Gasteiger partial charge in [0.05, 0.1) is 0 Å². The van der Waals surface area contributed by atoms with E-state index in [2.05, 4.69) is 15.1 Å². The lowest BCUT2D eigenvalue weighted by molar-refractivity contribution is 0.0589. The Morgan fingerprint density at radius 2 is 1.80 bits per heavy atom. The summed E-state index contributed by atoms with van der Waals surface area (Å²) in [5, 5.41) is 9.30. The van der Waals surface area contributed by atoms with Crippen molar-refractivity contribution in [2.75, 3.05) is 26.2 Å². The van der Waals surface area contributed by atoms with E-state index < -0.39 is 0 Å². The molecule has 2 fully saturated rings. The van der Waals surface area contributed by atoms with Crippen LogP contribution < -0.4 is 0 Å². The highest BCUT2D eigenvalue weighted by Crippen LogP contribution is 2.22. The van der Waals surface area contributed by atoms with Crippen LogP contribution in [-0.4, -0.2) is 58.1 Å². The van der Waals surface area contributed by atoms with E-state index in [1.807, 2.05) is 11.8 Å². The van der Waals surface area contributed by atoms with Gasteiger partial charge in [0.25, 0.3) is 5.91 Å². The van der Waals surface area contributed by atoms with Gasteiger partial charge in [-0.25, -0.2) is 0 Å². The minimum absolute atomic E-state index is 0.0627. The summed E-state index contributed by atoms with van der Waals surface area (Å²) >= 11 is 1.39. The maximum Gasteiger partial charge on any atom is 0.284 e. The summed E-state index contributed by atoms with van der Waals surface area (Å²) in [5.74, 6) is 0.0627. The summed E-state index contributed by atoms with van der Waals surface area (Å²) in [5.41, 5.74) is 0. The van der Waals surface area contributed by atoms with E-state index in [1.165, 1.54) is 43.7 Å². The molecule has 0 atom stereocenters. The second-order valence-corrected chi connectivity index (χ2v) is 6.93. The van der Waals surface area contributed by atoms with Crippen LogP contribution in [-0.2, 0) is 0 Å². The normalized spacial score (nSPS) is 22.1. The van der Waals surface area contributed by atoms with Crippen molar-refractivity contribution in [2.24, 2.45) is 0 Å². The zero-order chi connectivity index (χ0) is 13.9. The highest BCUT2D eigenvalue weighted by molar-refractivity contribution is 7.13. The fraction of sp³-hybridized carbons (Fsp3) is 0.786. The Morgan fingerprint density at radius 3 is 2.40 bits per heavy atom. The molecule has 0 unspecified atom stereocenters. The highest BCUT2D eigenvalue weighted by Gasteiger charge is 2.29. The van der Waals surface area contributed by atoms with E-state index in [-0.39, 0.29) is 5.91 Å². The third kappa shape index (κ3) is 3.01. The number of hydrogen-bond acceptors (Lipinski definition) is 5. The number of likely N-dealkylation sites (tertiary alicyclic amines) is 2. The number of carbonyl (C=O) groups is 1. The Morgan fingerprint density at radius 1 is 1.10 bits per heavy atom. The zero-order valence-electron chi connectivity index (χ0n) is 12.0. The summed E-state index contributed by atoms with van der Waals surface area (Å²) in [4.78, 5) is 16.9. The Hall–Kier alpha value is -1.01. The van der Waals surface area contributed by atoms with Crippen LogP contribution in [0.1, 0.15) is 46.9 Å². The molecular formula is C14H22N4OS. The predicted molar refractivity (Wildman–Crippen MR) is 79.0 cm³/mol. The molecule has 20 heavy (non-hydrogen) atoms. The van der Waals surface area contributed by atoms with Crippen molar-refractivity contribution in [3.05, 3.63) is 10.0 Å². The second-order valence-electron chi connectivity index (χ2n) is 5.75. The van der Waals surface area contributed by atoms with E-state index in [1.54, 1.807) is 0 Å². The van der Waals surface area contributed by atoms with Crippen molar-refractivity contribution >= 4 is 17.2 Å². The lowest BCUT2D eigenvalue weighted by atomic mass is 10.00. The summed E-state index contributed by atoms with van der Waals surface area (Å²) in [6.45, 7) is 6.09. The van der Waals surface area contributed by atoms with E-state index in [9.17, 15) is 4.79 Å². The fourth-order valence-electron chi connectivity index (χ4n) is 3.24. The Bertz CT molecular complexity index is 461. The molecule has 1 aromatic rings. The van der Waals surface area contributed by atoms with Crippen LogP contribution in [0.4, 0.5) is 0 Å². The summed E-state index contributed by atoms with van der Waals surface area (Å²) < 4.78 is 0. The molecule has 0 aromatic carbocycles. The van der Waals surface area contributed by atoms with Crippen molar-refractivity contribution < 1.29 is 4.79 Å². The van der Waals surface area contributed by atoms with E-state index in [0.29, 0.717) is 11.0 Å². The van der Waals surface area contributed by atoms with Crippen LogP contribution in [0.2, 0.25) is 0 Å². The molecule has 1 aromatic heterocycles.